The van der Waals surface area contributed by atoms with Crippen LogP contribution in [0.25, 0.3) is 0 Å². The van der Waals surface area contributed by atoms with Gasteiger partial charge in [-0.3, -0.25) is 4.79 Å². The summed E-state index contributed by atoms with van der Waals surface area (Å²) >= 11 is 0. The highest BCUT2D eigenvalue weighted by molar-refractivity contribution is 5.81. The van der Waals surface area contributed by atoms with Crippen molar-refractivity contribution in [3.05, 3.63) is 95.6 Å². The Labute approximate surface area is 188 Å². The molecule has 0 saturated heterocycles. The van der Waals surface area contributed by atoms with E-state index in [2.05, 4.69) is 17.4 Å². The number of hydrogen-bond donors (Lipinski definition) is 1. The molecule has 0 heterocycles. The standard InChI is InChI=1S/C26H28N2O4/c1-20(23-11-7-4-8-12-23)16-27-26(29)19-32-28-17-22-13-14-24(25(15-22)30-2)31-18-21-9-5-3-6-10-21/h3-15,17,20H,16,18-19H2,1-2H3,(H,27,29)/b28-17+. The second-order valence-electron chi connectivity index (χ2n) is 7.31. The van der Waals surface area contributed by atoms with Crippen molar-refractivity contribution < 1.29 is 19.1 Å². The van der Waals surface area contributed by atoms with E-state index >= 15 is 0 Å². The van der Waals surface area contributed by atoms with Gasteiger partial charge in [0.25, 0.3) is 5.91 Å². The molecule has 6 nitrogen and oxygen atoms in total. The summed E-state index contributed by atoms with van der Waals surface area (Å²) in [6.07, 6.45) is 1.53. The van der Waals surface area contributed by atoms with Gasteiger partial charge >= 0.3 is 0 Å². The van der Waals surface area contributed by atoms with Gasteiger partial charge in [-0.05, 0) is 35.2 Å². The van der Waals surface area contributed by atoms with Crippen LogP contribution in [0.1, 0.15) is 29.5 Å². The number of carbonyl (C=O) groups excluding carboxylic acids is 1. The highest BCUT2D eigenvalue weighted by Crippen LogP contribution is 2.28. The Morgan fingerprint density at radius 2 is 1.72 bits per heavy atom. The third kappa shape index (κ3) is 7.16. The lowest BCUT2D eigenvalue weighted by Gasteiger charge is -2.12. The van der Waals surface area contributed by atoms with E-state index in [1.165, 1.54) is 11.8 Å². The fourth-order valence-corrected chi connectivity index (χ4v) is 3.03. The van der Waals surface area contributed by atoms with Crippen molar-refractivity contribution in [3.8, 4) is 11.5 Å². The molecule has 1 unspecified atom stereocenters. The predicted octanol–water partition coefficient (Wildman–Crippen LogP) is 4.54. The van der Waals surface area contributed by atoms with E-state index in [1.807, 2.05) is 72.8 Å². The Morgan fingerprint density at radius 3 is 2.44 bits per heavy atom. The molecule has 6 heteroatoms. The molecule has 0 aliphatic heterocycles. The number of carbonyl (C=O) groups is 1. The Balaban J connectivity index is 1.43. The molecular formula is C26H28N2O4. The number of hydrogen-bond acceptors (Lipinski definition) is 5. The van der Waals surface area contributed by atoms with Crippen LogP contribution in [0.15, 0.2) is 84.0 Å². The predicted molar refractivity (Wildman–Crippen MR) is 125 cm³/mol. The molecule has 0 radical (unpaired) electrons. The number of oxime groups is 1. The van der Waals surface area contributed by atoms with Crippen LogP contribution in [-0.2, 0) is 16.2 Å². The number of nitrogens with zero attached hydrogens (tertiary/aromatic N) is 1. The minimum Gasteiger partial charge on any atom is -0.493 e. The van der Waals surface area contributed by atoms with Crippen molar-refractivity contribution in [2.24, 2.45) is 5.16 Å². The van der Waals surface area contributed by atoms with Gasteiger partial charge in [0.1, 0.15) is 6.61 Å². The van der Waals surface area contributed by atoms with Crippen molar-refractivity contribution in [1.29, 1.82) is 0 Å². The quantitative estimate of drug-likeness (QED) is 0.357. The molecule has 0 spiro atoms. The number of amides is 1. The maximum Gasteiger partial charge on any atom is 0.260 e. The monoisotopic (exact) mass is 432 g/mol. The van der Waals surface area contributed by atoms with Crippen molar-refractivity contribution >= 4 is 12.1 Å². The van der Waals surface area contributed by atoms with E-state index in [0.717, 1.165) is 11.1 Å². The maximum atomic E-state index is 12.0. The lowest BCUT2D eigenvalue weighted by Crippen LogP contribution is -2.30. The van der Waals surface area contributed by atoms with E-state index in [-0.39, 0.29) is 18.4 Å². The average molecular weight is 433 g/mol. The molecule has 3 aromatic rings. The SMILES string of the molecule is COc1cc(/C=N/OCC(=O)NCC(C)c2ccccc2)ccc1OCc1ccccc1. The summed E-state index contributed by atoms with van der Waals surface area (Å²) in [4.78, 5) is 17.1. The zero-order valence-electron chi connectivity index (χ0n) is 18.4. The van der Waals surface area contributed by atoms with Gasteiger partial charge in [-0.25, -0.2) is 0 Å². The van der Waals surface area contributed by atoms with Gasteiger partial charge in [0, 0.05) is 12.1 Å². The van der Waals surface area contributed by atoms with Crippen LogP contribution in [-0.4, -0.2) is 32.4 Å². The Bertz CT molecular complexity index is 1010. The normalized spacial score (nSPS) is 11.7. The molecular weight excluding hydrogens is 404 g/mol. The lowest BCUT2D eigenvalue weighted by atomic mass is 10.0. The lowest BCUT2D eigenvalue weighted by molar-refractivity contribution is -0.125. The van der Waals surface area contributed by atoms with Crippen LogP contribution < -0.4 is 14.8 Å². The number of ether oxygens (including phenoxy) is 2. The Morgan fingerprint density at radius 1 is 1.00 bits per heavy atom. The molecule has 0 aliphatic rings. The average Bonchev–Trinajstić information content (AvgIpc) is 2.85. The van der Waals surface area contributed by atoms with Gasteiger partial charge < -0.3 is 19.6 Å². The number of nitrogens with one attached hydrogen (secondary N) is 1. The molecule has 0 aliphatic carbocycles. The smallest absolute Gasteiger partial charge is 0.260 e. The summed E-state index contributed by atoms with van der Waals surface area (Å²) in [6.45, 7) is 2.91. The van der Waals surface area contributed by atoms with Crippen molar-refractivity contribution in [1.82, 2.24) is 5.32 Å². The molecule has 0 saturated carbocycles. The van der Waals surface area contributed by atoms with Gasteiger partial charge in [0.2, 0.25) is 0 Å². The second kappa shape index (κ2) is 12.2. The number of rotatable bonds is 11. The summed E-state index contributed by atoms with van der Waals surface area (Å²) in [5.74, 6) is 1.24. The molecule has 166 valence electrons. The van der Waals surface area contributed by atoms with Gasteiger partial charge in [-0.15, -0.1) is 0 Å². The van der Waals surface area contributed by atoms with Crippen LogP contribution >= 0.6 is 0 Å². The third-order valence-corrected chi connectivity index (χ3v) is 4.87. The molecule has 1 amide bonds. The summed E-state index contributed by atoms with van der Waals surface area (Å²) in [6, 6.07) is 25.4. The second-order valence-corrected chi connectivity index (χ2v) is 7.31. The molecule has 1 N–H and O–H groups in total. The third-order valence-electron chi connectivity index (χ3n) is 4.87. The van der Waals surface area contributed by atoms with Gasteiger partial charge in [-0.1, -0.05) is 72.7 Å². The zero-order valence-corrected chi connectivity index (χ0v) is 18.4. The Hall–Kier alpha value is -3.80. The zero-order chi connectivity index (χ0) is 22.6. The first-order chi connectivity index (χ1) is 15.7. The minimum atomic E-state index is -0.216. The summed E-state index contributed by atoms with van der Waals surface area (Å²) in [5.41, 5.74) is 3.02. The van der Waals surface area contributed by atoms with E-state index < -0.39 is 0 Å². The molecule has 0 bridgehead atoms. The topological polar surface area (TPSA) is 69.2 Å². The van der Waals surface area contributed by atoms with Crippen LogP contribution in [0.4, 0.5) is 0 Å². The van der Waals surface area contributed by atoms with E-state index in [0.29, 0.717) is 24.7 Å². The molecule has 3 rings (SSSR count). The Kier molecular flexibility index (Phi) is 8.69. The molecule has 3 aromatic carbocycles. The van der Waals surface area contributed by atoms with Crippen LogP contribution in [0.2, 0.25) is 0 Å². The first-order valence-corrected chi connectivity index (χ1v) is 10.5. The summed E-state index contributed by atoms with van der Waals surface area (Å²) in [5, 5.41) is 6.74. The minimum absolute atomic E-state index is 0.145. The highest BCUT2D eigenvalue weighted by atomic mass is 16.6. The first kappa shape index (κ1) is 22.9. The largest absolute Gasteiger partial charge is 0.493 e. The molecule has 32 heavy (non-hydrogen) atoms. The maximum absolute atomic E-state index is 12.0. The van der Waals surface area contributed by atoms with Crippen LogP contribution in [0.3, 0.4) is 0 Å². The van der Waals surface area contributed by atoms with E-state index in [4.69, 9.17) is 14.3 Å². The molecule has 1 atom stereocenters. The molecule has 0 aromatic heterocycles. The van der Waals surface area contributed by atoms with Crippen LogP contribution in [0.5, 0.6) is 11.5 Å². The van der Waals surface area contributed by atoms with E-state index in [1.54, 1.807) is 13.2 Å². The molecule has 0 fully saturated rings. The number of benzene rings is 3. The fourth-order valence-electron chi connectivity index (χ4n) is 3.03. The highest BCUT2D eigenvalue weighted by Gasteiger charge is 2.08. The van der Waals surface area contributed by atoms with E-state index in [9.17, 15) is 4.79 Å². The van der Waals surface area contributed by atoms with Crippen molar-refractivity contribution in [3.63, 3.8) is 0 Å². The first-order valence-electron chi connectivity index (χ1n) is 10.5. The number of methoxy groups -OCH3 is 1. The fraction of sp³-hybridized carbons (Fsp3) is 0.231. The summed E-state index contributed by atoms with van der Waals surface area (Å²) in [7, 11) is 1.59. The summed E-state index contributed by atoms with van der Waals surface area (Å²) < 4.78 is 11.3. The van der Waals surface area contributed by atoms with Gasteiger partial charge in [0.15, 0.2) is 18.1 Å². The van der Waals surface area contributed by atoms with Gasteiger partial charge in [-0.2, -0.15) is 0 Å². The van der Waals surface area contributed by atoms with Gasteiger partial charge in [0.05, 0.1) is 13.3 Å². The van der Waals surface area contributed by atoms with Crippen molar-refractivity contribution in [2.45, 2.75) is 19.4 Å². The van der Waals surface area contributed by atoms with Crippen LogP contribution in [0, 0.1) is 0 Å². The van der Waals surface area contributed by atoms with Crippen molar-refractivity contribution in [2.75, 3.05) is 20.3 Å².